The smallest absolute Gasteiger partial charge is 0.204 e. The highest BCUT2D eigenvalue weighted by Crippen LogP contribution is 2.37. The molecule has 1 aliphatic rings. The minimum absolute atomic E-state index is 0.358. The van der Waals surface area contributed by atoms with Crippen LogP contribution in [0, 0.1) is 5.41 Å². The highest BCUT2D eigenvalue weighted by molar-refractivity contribution is 6.00. The number of rotatable bonds is 4. The van der Waals surface area contributed by atoms with Crippen LogP contribution in [0.3, 0.4) is 0 Å². The third kappa shape index (κ3) is 3.25. The molecule has 0 radical (unpaired) electrons. The van der Waals surface area contributed by atoms with E-state index in [2.05, 4.69) is 6.92 Å². The molecule has 0 saturated heterocycles. The standard InChI is InChI=1S/C14H22O2Si/c1-14(9-5-2-6-10-14)11-15-12-7-3-4-8-13(12)16-17/h3-4,7-8H,2,5-6,9-11H2,1,17H3. The van der Waals surface area contributed by atoms with Gasteiger partial charge in [-0.3, -0.25) is 0 Å². The van der Waals surface area contributed by atoms with E-state index in [9.17, 15) is 0 Å². The van der Waals surface area contributed by atoms with Gasteiger partial charge in [-0.15, -0.1) is 0 Å². The summed E-state index contributed by atoms with van der Waals surface area (Å²) in [6.45, 7) is 3.16. The van der Waals surface area contributed by atoms with Gasteiger partial charge in [0.25, 0.3) is 0 Å². The SMILES string of the molecule is CC1(COc2ccccc2O[SiH3])CCCCC1. The molecule has 1 aromatic rings. The Bertz CT molecular complexity index is 359. The highest BCUT2D eigenvalue weighted by atomic mass is 28.2. The Labute approximate surface area is 107 Å². The van der Waals surface area contributed by atoms with Crippen molar-refractivity contribution in [3.63, 3.8) is 0 Å². The van der Waals surface area contributed by atoms with Gasteiger partial charge in [0.15, 0.2) is 5.75 Å². The van der Waals surface area contributed by atoms with Gasteiger partial charge in [0.2, 0.25) is 10.5 Å². The van der Waals surface area contributed by atoms with E-state index in [0.717, 1.165) is 18.1 Å². The van der Waals surface area contributed by atoms with E-state index in [0.29, 0.717) is 15.9 Å². The first kappa shape index (κ1) is 12.5. The van der Waals surface area contributed by atoms with Gasteiger partial charge in [0.05, 0.1) is 6.61 Å². The second-order valence-electron chi connectivity index (χ2n) is 5.31. The minimum atomic E-state index is 0.358. The van der Waals surface area contributed by atoms with Crippen LogP contribution in [0.1, 0.15) is 39.0 Å². The molecule has 1 aromatic carbocycles. The van der Waals surface area contributed by atoms with Crippen LogP contribution in [0.25, 0.3) is 0 Å². The first-order valence-electron chi connectivity index (χ1n) is 6.49. The zero-order valence-corrected chi connectivity index (χ0v) is 12.9. The third-order valence-corrected chi connectivity index (χ3v) is 4.15. The molecule has 2 nitrogen and oxygen atoms in total. The van der Waals surface area contributed by atoms with E-state index in [4.69, 9.17) is 9.16 Å². The highest BCUT2D eigenvalue weighted by Gasteiger charge is 2.27. The van der Waals surface area contributed by atoms with Crippen molar-refractivity contribution >= 4 is 10.5 Å². The van der Waals surface area contributed by atoms with E-state index in [1.807, 2.05) is 24.3 Å². The molecule has 0 amide bonds. The molecule has 1 saturated carbocycles. The van der Waals surface area contributed by atoms with Crippen molar-refractivity contribution in [2.24, 2.45) is 5.41 Å². The Morgan fingerprint density at radius 1 is 1.12 bits per heavy atom. The molecule has 0 N–H and O–H groups in total. The number of para-hydroxylation sites is 2. The zero-order chi connectivity index (χ0) is 12.1. The zero-order valence-electron chi connectivity index (χ0n) is 10.9. The van der Waals surface area contributed by atoms with Crippen LogP contribution in [0.2, 0.25) is 0 Å². The molecule has 0 aliphatic heterocycles. The van der Waals surface area contributed by atoms with Crippen molar-refractivity contribution in [3.05, 3.63) is 24.3 Å². The lowest BCUT2D eigenvalue weighted by Crippen LogP contribution is -2.27. The van der Waals surface area contributed by atoms with Crippen LogP contribution in [-0.4, -0.2) is 17.1 Å². The predicted molar refractivity (Wildman–Crippen MR) is 73.7 cm³/mol. The molecule has 0 atom stereocenters. The van der Waals surface area contributed by atoms with Crippen LogP contribution in [0.5, 0.6) is 11.5 Å². The lowest BCUT2D eigenvalue weighted by atomic mass is 9.76. The monoisotopic (exact) mass is 250 g/mol. The summed E-state index contributed by atoms with van der Waals surface area (Å²) in [5, 5.41) is 0. The number of benzene rings is 1. The first-order valence-corrected chi connectivity index (χ1v) is 7.31. The van der Waals surface area contributed by atoms with E-state index >= 15 is 0 Å². The molecular formula is C14H22O2Si. The molecule has 94 valence electrons. The summed E-state index contributed by atoms with van der Waals surface area (Å²) in [6.07, 6.45) is 6.65. The maximum absolute atomic E-state index is 5.97. The lowest BCUT2D eigenvalue weighted by molar-refractivity contribution is 0.114. The lowest BCUT2D eigenvalue weighted by Gasteiger charge is -2.33. The topological polar surface area (TPSA) is 18.5 Å². The molecule has 1 fully saturated rings. The number of hydrogen-bond acceptors (Lipinski definition) is 2. The largest absolute Gasteiger partial charge is 0.551 e. The van der Waals surface area contributed by atoms with Gasteiger partial charge in [0.1, 0.15) is 5.75 Å². The summed E-state index contributed by atoms with van der Waals surface area (Å²) in [5.74, 6) is 1.79. The molecule has 17 heavy (non-hydrogen) atoms. The quantitative estimate of drug-likeness (QED) is 0.765. The summed E-state index contributed by atoms with van der Waals surface area (Å²) in [7, 11) is 0.705. The van der Waals surface area contributed by atoms with E-state index in [1.165, 1.54) is 32.1 Å². The Hall–Kier alpha value is -0.963. The summed E-state index contributed by atoms with van der Waals surface area (Å²) >= 11 is 0. The fourth-order valence-electron chi connectivity index (χ4n) is 2.54. The van der Waals surface area contributed by atoms with Crippen molar-refractivity contribution < 1.29 is 9.16 Å². The molecule has 0 unspecified atom stereocenters. The second kappa shape index (κ2) is 5.58. The van der Waals surface area contributed by atoms with E-state index < -0.39 is 0 Å². The van der Waals surface area contributed by atoms with Gasteiger partial charge in [-0.25, -0.2) is 0 Å². The minimum Gasteiger partial charge on any atom is -0.551 e. The van der Waals surface area contributed by atoms with Crippen molar-refractivity contribution in [1.29, 1.82) is 0 Å². The van der Waals surface area contributed by atoms with Gasteiger partial charge in [-0.2, -0.15) is 0 Å². The van der Waals surface area contributed by atoms with Gasteiger partial charge >= 0.3 is 0 Å². The van der Waals surface area contributed by atoms with Gasteiger partial charge < -0.3 is 9.16 Å². The average Bonchev–Trinajstić information content (AvgIpc) is 2.38. The molecule has 3 heteroatoms. The van der Waals surface area contributed by atoms with Gasteiger partial charge in [-0.05, 0) is 25.0 Å². The number of hydrogen-bond donors (Lipinski definition) is 0. The Balaban J connectivity index is 1.96. The van der Waals surface area contributed by atoms with E-state index in [-0.39, 0.29) is 0 Å². The molecule has 0 spiro atoms. The maximum Gasteiger partial charge on any atom is 0.204 e. The fourth-order valence-corrected chi connectivity index (χ4v) is 2.88. The van der Waals surface area contributed by atoms with Gasteiger partial charge in [0, 0.05) is 5.41 Å². The summed E-state index contributed by atoms with van der Waals surface area (Å²) in [5.41, 5.74) is 0.358. The molecule has 0 bridgehead atoms. The summed E-state index contributed by atoms with van der Waals surface area (Å²) in [6, 6.07) is 7.97. The Morgan fingerprint density at radius 3 is 2.41 bits per heavy atom. The van der Waals surface area contributed by atoms with Crippen LogP contribution < -0.4 is 9.16 Å². The van der Waals surface area contributed by atoms with Crippen LogP contribution >= 0.6 is 0 Å². The van der Waals surface area contributed by atoms with Crippen molar-refractivity contribution in [2.45, 2.75) is 39.0 Å². The molecule has 0 aromatic heterocycles. The predicted octanol–water partition coefficient (Wildman–Crippen LogP) is 2.70. The molecule has 1 aliphatic carbocycles. The maximum atomic E-state index is 5.97. The Morgan fingerprint density at radius 2 is 1.76 bits per heavy atom. The van der Waals surface area contributed by atoms with Crippen molar-refractivity contribution in [1.82, 2.24) is 0 Å². The van der Waals surface area contributed by atoms with Crippen LogP contribution in [0.15, 0.2) is 24.3 Å². The summed E-state index contributed by atoms with van der Waals surface area (Å²) in [4.78, 5) is 0. The normalized spacial score (nSPS) is 18.9. The Kier molecular flexibility index (Phi) is 4.10. The molecule has 0 heterocycles. The summed E-state index contributed by atoms with van der Waals surface area (Å²) < 4.78 is 11.4. The number of ether oxygens (including phenoxy) is 1. The van der Waals surface area contributed by atoms with Crippen LogP contribution in [-0.2, 0) is 0 Å². The second-order valence-corrected chi connectivity index (χ2v) is 5.72. The molecular weight excluding hydrogens is 228 g/mol. The molecule has 2 rings (SSSR count). The van der Waals surface area contributed by atoms with Crippen molar-refractivity contribution in [2.75, 3.05) is 6.61 Å². The fraction of sp³-hybridized carbons (Fsp3) is 0.571. The average molecular weight is 250 g/mol. The van der Waals surface area contributed by atoms with E-state index in [1.54, 1.807) is 0 Å². The van der Waals surface area contributed by atoms with Crippen LogP contribution in [0.4, 0.5) is 0 Å². The third-order valence-electron chi connectivity index (χ3n) is 3.71. The van der Waals surface area contributed by atoms with Gasteiger partial charge in [-0.1, -0.05) is 38.3 Å². The van der Waals surface area contributed by atoms with Crippen molar-refractivity contribution in [3.8, 4) is 11.5 Å². The first-order chi connectivity index (χ1) is 8.23.